The highest BCUT2D eigenvalue weighted by atomic mass is 19.1. The standard InChI is InChI=1S/C29H33FN2O2/c1-21-5-3-7-24(15-21)25-17-26(20-32(19-25)18-23-6-4-8-27(30)16-23)29(33)31-14-13-22-9-11-28(34-2)12-10-22/h3-12,15-16,25-26H,13-14,17-20H2,1-2H3,(H,31,33)/t25-,26-/m0/s1. The van der Waals surface area contributed by atoms with Crippen LogP contribution >= 0.6 is 0 Å². The van der Waals surface area contributed by atoms with Gasteiger partial charge in [0.1, 0.15) is 11.6 Å². The van der Waals surface area contributed by atoms with E-state index in [-0.39, 0.29) is 23.6 Å². The van der Waals surface area contributed by atoms with Crippen LogP contribution in [-0.2, 0) is 17.8 Å². The van der Waals surface area contributed by atoms with Crippen LogP contribution in [0.4, 0.5) is 4.39 Å². The van der Waals surface area contributed by atoms with Gasteiger partial charge < -0.3 is 10.1 Å². The summed E-state index contributed by atoms with van der Waals surface area (Å²) in [6.45, 7) is 4.86. The average Bonchev–Trinajstić information content (AvgIpc) is 2.84. The van der Waals surface area contributed by atoms with E-state index in [0.717, 1.165) is 36.3 Å². The second-order valence-electron chi connectivity index (χ2n) is 9.26. The number of benzene rings is 3. The molecule has 0 aromatic heterocycles. The van der Waals surface area contributed by atoms with E-state index >= 15 is 0 Å². The Morgan fingerprint density at radius 3 is 2.56 bits per heavy atom. The smallest absolute Gasteiger partial charge is 0.224 e. The lowest BCUT2D eigenvalue weighted by atomic mass is 9.83. The first-order valence-corrected chi connectivity index (χ1v) is 11.9. The SMILES string of the molecule is COc1ccc(CCNC(=O)[C@H]2C[C@H](c3cccc(C)c3)CN(Cc3cccc(F)c3)C2)cc1. The number of methoxy groups -OCH3 is 1. The molecule has 1 aliphatic heterocycles. The third-order valence-corrected chi connectivity index (χ3v) is 6.58. The van der Waals surface area contributed by atoms with Gasteiger partial charge in [-0.25, -0.2) is 4.39 Å². The van der Waals surface area contributed by atoms with Crippen LogP contribution < -0.4 is 10.1 Å². The number of carbonyl (C=O) groups is 1. The quantitative estimate of drug-likeness (QED) is 0.508. The fourth-order valence-electron chi connectivity index (χ4n) is 4.84. The molecule has 0 spiro atoms. The minimum absolute atomic E-state index is 0.0927. The van der Waals surface area contributed by atoms with E-state index in [1.807, 2.05) is 30.3 Å². The van der Waals surface area contributed by atoms with Crippen LogP contribution in [-0.4, -0.2) is 37.6 Å². The molecule has 34 heavy (non-hydrogen) atoms. The van der Waals surface area contributed by atoms with Crippen LogP contribution in [0.25, 0.3) is 0 Å². The zero-order chi connectivity index (χ0) is 23.9. The molecule has 1 fully saturated rings. The summed E-state index contributed by atoms with van der Waals surface area (Å²) >= 11 is 0. The summed E-state index contributed by atoms with van der Waals surface area (Å²) in [7, 11) is 1.65. The van der Waals surface area contributed by atoms with Crippen molar-refractivity contribution in [2.24, 2.45) is 5.92 Å². The zero-order valence-corrected chi connectivity index (χ0v) is 20.0. The van der Waals surface area contributed by atoms with Gasteiger partial charge in [0.05, 0.1) is 13.0 Å². The average molecular weight is 461 g/mol. The Hall–Kier alpha value is -3.18. The highest BCUT2D eigenvalue weighted by Crippen LogP contribution is 2.32. The number of nitrogens with zero attached hydrogens (tertiary/aromatic N) is 1. The molecule has 0 saturated carbocycles. The van der Waals surface area contributed by atoms with E-state index < -0.39 is 0 Å². The number of piperidine rings is 1. The fraction of sp³-hybridized carbons (Fsp3) is 0.345. The monoisotopic (exact) mass is 460 g/mol. The second-order valence-corrected chi connectivity index (χ2v) is 9.26. The Labute approximate surface area is 201 Å². The van der Waals surface area contributed by atoms with Gasteiger partial charge in [-0.15, -0.1) is 0 Å². The van der Waals surface area contributed by atoms with E-state index in [1.54, 1.807) is 19.2 Å². The first-order chi connectivity index (χ1) is 16.5. The third-order valence-electron chi connectivity index (χ3n) is 6.58. The molecule has 1 heterocycles. The molecule has 1 N–H and O–H groups in total. The summed E-state index contributed by atoms with van der Waals surface area (Å²) in [4.78, 5) is 15.5. The minimum Gasteiger partial charge on any atom is -0.497 e. The van der Waals surface area contributed by atoms with E-state index in [4.69, 9.17) is 4.74 Å². The largest absolute Gasteiger partial charge is 0.497 e. The third kappa shape index (κ3) is 6.45. The van der Waals surface area contributed by atoms with Crippen molar-refractivity contribution < 1.29 is 13.9 Å². The van der Waals surface area contributed by atoms with Crippen LogP contribution in [0.5, 0.6) is 5.75 Å². The molecule has 3 aromatic rings. The fourth-order valence-corrected chi connectivity index (χ4v) is 4.84. The maximum atomic E-state index is 13.7. The maximum Gasteiger partial charge on any atom is 0.224 e. The van der Waals surface area contributed by atoms with Crippen molar-refractivity contribution >= 4 is 5.91 Å². The zero-order valence-electron chi connectivity index (χ0n) is 20.0. The van der Waals surface area contributed by atoms with Crippen molar-refractivity contribution in [3.05, 3.63) is 101 Å². The topological polar surface area (TPSA) is 41.6 Å². The molecule has 1 saturated heterocycles. The predicted octanol–water partition coefficient (Wildman–Crippen LogP) is 5.11. The van der Waals surface area contributed by atoms with E-state index in [1.165, 1.54) is 17.2 Å². The van der Waals surface area contributed by atoms with Crippen molar-refractivity contribution in [1.29, 1.82) is 0 Å². The first-order valence-electron chi connectivity index (χ1n) is 11.9. The molecule has 3 aromatic carbocycles. The summed E-state index contributed by atoms with van der Waals surface area (Å²) in [5, 5.41) is 3.15. The summed E-state index contributed by atoms with van der Waals surface area (Å²) in [6.07, 6.45) is 1.59. The molecule has 0 aliphatic carbocycles. The van der Waals surface area contributed by atoms with Gasteiger partial charge >= 0.3 is 0 Å². The Morgan fingerprint density at radius 2 is 1.82 bits per heavy atom. The lowest BCUT2D eigenvalue weighted by molar-refractivity contribution is -0.127. The van der Waals surface area contributed by atoms with E-state index in [0.29, 0.717) is 19.6 Å². The van der Waals surface area contributed by atoms with Crippen molar-refractivity contribution in [3.63, 3.8) is 0 Å². The van der Waals surface area contributed by atoms with Crippen LogP contribution in [0, 0.1) is 18.7 Å². The Morgan fingerprint density at radius 1 is 1.03 bits per heavy atom. The van der Waals surface area contributed by atoms with Crippen LogP contribution in [0.15, 0.2) is 72.8 Å². The summed E-state index contributed by atoms with van der Waals surface area (Å²) in [5.74, 6) is 0.853. The minimum atomic E-state index is -0.224. The van der Waals surface area contributed by atoms with Gasteiger partial charge in [-0.1, -0.05) is 54.1 Å². The van der Waals surface area contributed by atoms with Crippen LogP contribution in [0.3, 0.4) is 0 Å². The highest BCUT2D eigenvalue weighted by Gasteiger charge is 2.32. The predicted molar refractivity (Wildman–Crippen MR) is 133 cm³/mol. The van der Waals surface area contributed by atoms with Gasteiger partial charge in [0.25, 0.3) is 0 Å². The van der Waals surface area contributed by atoms with Gasteiger partial charge in [-0.05, 0) is 66.6 Å². The first kappa shape index (κ1) is 24.0. The molecule has 5 heteroatoms. The van der Waals surface area contributed by atoms with Crippen molar-refractivity contribution in [3.8, 4) is 5.75 Å². The van der Waals surface area contributed by atoms with E-state index in [9.17, 15) is 9.18 Å². The number of hydrogen-bond donors (Lipinski definition) is 1. The summed E-state index contributed by atoms with van der Waals surface area (Å²) in [5.41, 5.74) is 4.58. The number of likely N-dealkylation sites (tertiary alicyclic amines) is 1. The van der Waals surface area contributed by atoms with Gasteiger partial charge in [-0.3, -0.25) is 9.69 Å². The number of halogens is 1. The number of nitrogens with one attached hydrogen (secondary N) is 1. The number of ether oxygens (including phenoxy) is 1. The summed E-state index contributed by atoms with van der Waals surface area (Å²) < 4.78 is 19.0. The summed E-state index contributed by atoms with van der Waals surface area (Å²) in [6, 6.07) is 23.2. The molecule has 4 rings (SSSR count). The highest BCUT2D eigenvalue weighted by molar-refractivity contribution is 5.79. The van der Waals surface area contributed by atoms with Crippen molar-refractivity contribution in [2.45, 2.75) is 32.2 Å². The molecule has 0 unspecified atom stereocenters. The molecule has 0 bridgehead atoms. The number of amides is 1. The van der Waals surface area contributed by atoms with Crippen molar-refractivity contribution in [2.75, 3.05) is 26.7 Å². The van der Waals surface area contributed by atoms with Gasteiger partial charge in [-0.2, -0.15) is 0 Å². The van der Waals surface area contributed by atoms with Gasteiger partial charge in [0, 0.05) is 26.2 Å². The number of carbonyl (C=O) groups excluding carboxylic acids is 1. The van der Waals surface area contributed by atoms with E-state index in [2.05, 4.69) is 41.4 Å². The van der Waals surface area contributed by atoms with Gasteiger partial charge in [0.15, 0.2) is 0 Å². The normalized spacial score (nSPS) is 18.4. The molecule has 1 amide bonds. The van der Waals surface area contributed by atoms with Gasteiger partial charge in [0.2, 0.25) is 5.91 Å². The lowest BCUT2D eigenvalue weighted by Crippen LogP contribution is -2.45. The molecule has 178 valence electrons. The number of rotatable bonds is 8. The Kier molecular flexibility index (Phi) is 7.96. The molecule has 2 atom stereocenters. The molecule has 1 aliphatic rings. The molecule has 4 nitrogen and oxygen atoms in total. The molecular weight excluding hydrogens is 427 g/mol. The van der Waals surface area contributed by atoms with Crippen LogP contribution in [0.2, 0.25) is 0 Å². The molecular formula is C29H33FN2O2. The maximum absolute atomic E-state index is 13.7. The Bertz CT molecular complexity index is 1100. The second kappa shape index (κ2) is 11.3. The number of hydrogen-bond acceptors (Lipinski definition) is 3. The lowest BCUT2D eigenvalue weighted by Gasteiger charge is -2.37. The van der Waals surface area contributed by atoms with Crippen LogP contribution in [0.1, 0.15) is 34.6 Å². The molecule has 0 radical (unpaired) electrons. The Balaban J connectivity index is 1.42. The number of aryl methyl sites for hydroxylation is 1. The van der Waals surface area contributed by atoms with Crippen molar-refractivity contribution in [1.82, 2.24) is 10.2 Å².